The monoisotopic (exact) mass is 389 g/mol. The third-order valence-corrected chi connectivity index (χ3v) is 4.05. The highest BCUT2D eigenvalue weighted by Crippen LogP contribution is 2.10. The van der Waals surface area contributed by atoms with E-state index in [1.54, 1.807) is 0 Å². The van der Waals surface area contributed by atoms with Crippen LogP contribution < -0.4 is 5.32 Å². The van der Waals surface area contributed by atoms with Gasteiger partial charge in [-0.1, -0.05) is 58.3 Å². The molecule has 1 amide bonds. The van der Waals surface area contributed by atoms with Gasteiger partial charge in [-0.05, 0) is 6.42 Å². The number of carbonyl (C=O) groups is 2. The number of carbonyl (C=O) groups excluding carboxylic acids is 1. The van der Waals surface area contributed by atoms with Crippen molar-refractivity contribution < 1.29 is 28.9 Å². The summed E-state index contributed by atoms with van der Waals surface area (Å²) < 4.78 is 15.4. The van der Waals surface area contributed by atoms with Crippen LogP contribution in [0.25, 0.3) is 0 Å². The van der Waals surface area contributed by atoms with E-state index in [1.165, 1.54) is 44.9 Å². The summed E-state index contributed by atoms with van der Waals surface area (Å²) in [4.78, 5) is 21.9. The van der Waals surface area contributed by atoms with Crippen molar-refractivity contribution in [3.63, 3.8) is 0 Å². The maximum atomic E-state index is 11.7. The molecule has 0 aliphatic carbocycles. The van der Waals surface area contributed by atoms with Gasteiger partial charge in [0, 0.05) is 13.0 Å². The van der Waals surface area contributed by atoms with Crippen LogP contribution in [0.1, 0.15) is 71.1 Å². The van der Waals surface area contributed by atoms with Crippen molar-refractivity contribution in [3.05, 3.63) is 0 Å². The number of nitrogens with one attached hydrogen (secondary N) is 1. The molecule has 0 atom stereocenters. The van der Waals surface area contributed by atoms with E-state index in [4.69, 9.17) is 19.3 Å². The van der Waals surface area contributed by atoms with Crippen molar-refractivity contribution in [2.75, 3.05) is 46.2 Å². The highest BCUT2D eigenvalue weighted by atomic mass is 16.5. The van der Waals surface area contributed by atoms with Crippen LogP contribution in [0.3, 0.4) is 0 Å². The zero-order valence-corrected chi connectivity index (χ0v) is 17.0. The van der Waals surface area contributed by atoms with E-state index in [9.17, 15) is 9.59 Å². The molecule has 0 aliphatic heterocycles. The summed E-state index contributed by atoms with van der Waals surface area (Å²) in [6.45, 7) is 4.35. The second-order valence-corrected chi connectivity index (χ2v) is 6.60. The molecule has 0 aromatic carbocycles. The van der Waals surface area contributed by atoms with Crippen LogP contribution >= 0.6 is 0 Å². The Hall–Kier alpha value is -1.18. The second kappa shape index (κ2) is 21.1. The normalized spacial score (nSPS) is 10.9. The Morgan fingerprint density at radius 2 is 1.26 bits per heavy atom. The molecule has 0 saturated carbocycles. The van der Waals surface area contributed by atoms with Gasteiger partial charge in [-0.25, -0.2) is 4.79 Å². The van der Waals surface area contributed by atoms with Crippen LogP contribution in [0.2, 0.25) is 0 Å². The van der Waals surface area contributed by atoms with E-state index in [2.05, 4.69) is 12.2 Å². The van der Waals surface area contributed by atoms with Gasteiger partial charge in [-0.2, -0.15) is 0 Å². The van der Waals surface area contributed by atoms with E-state index >= 15 is 0 Å². The summed E-state index contributed by atoms with van der Waals surface area (Å²) in [5.74, 6) is -0.897. The van der Waals surface area contributed by atoms with Crippen molar-refractivity contribution in [1.82, 2.24) is 5.32 Å². The van der Waals surface area contributed by atoms with Gasteiger partial charge in [0.2, 0.25) is 5.91 Å². The number of rotatable bonds is 21. The van der Waals surface area contributed by atoms with Gasteiger partial charge >= 0.3 is 5.97 Å². The largest absolute Gasteiger partial charge is 0.480 e. The van der Waals surface area contributed by atoms with Crippen molar-refractivity contribution >= 4 is 11.9 Å². The first-order chi connectivity index (χ1) is 13.2. The molecular formula is C20H39NO6. The minimum atomic E-state index is -0.988. The van der Waals surface area contributed by atoms with Gasteiger partial charge in [0.05, 0.1) is 33.0 Å². The number of carboxylic acid groups (broad SMARTS) is 1. The van der Waals surface area contributed by atoms with Crippen LogP contribution in [0.4, 0.5) is 0 Å². The first kappa shape index (κ1) is 25.8. The second-order valence-electron chi connectivity index (χ2n) is 6.60. The number of amides is 1. The number of hydrogen-bond acceptors (Lipinski definition) is 5. The van der Waals surface area contributed by atoms with Gasteiger partial charge in [0.25, 0.3) is 0 Å². The van der Waals surface area contributed by atoms with Gasteiger partial charge in [0.1, 0.15) is 6.61 Å². The Labute approximate surface area is 164 Å². The minimum Gasteiger partial charge on any atom is -0.480 e. The van der Waals surface area contributed by atoms with Crippen molar-refractivity contribution in [2.45, 2.75) is 71.1 Å². The third kappa shape index (κ3) is 22.8. The molecule has 0 fully saturated rings. The lowest BCUT2D eigenvalue weighted by Gasteiger charge is -2.07. The Bertz CT molecular complexity index is 351. The fourth-order valence-electron chi connectivity index (χ4n) is 2.55. The van der Waals surface area contributed by atoms with Gasteiger partial charge in [-0.3, -0.25) is 4.79 Å². The number of unbranched alkanes of at least 4 members (excludes halogenated alkanes) is 8. The molecule has 0 aromatic rings. The number of carboxylic acids is 1. The molecule has 27 heavy (non-hydrogen) atoms. The average molecular weight is 390 g/mol. The molecule has 0 spiro atoms. The lowest BCUT2D eigenvalue weighted by molar-refractivity contribution is -0.142. The van der Waals surface area contributed by atoms with Crippen LogP contribution in [0.15, 0.2) is 0 Å². The molecular weight excluding hydrogens is 350 g/mol. The molecule has 160 valence electrons. The molecule has 0 saturated heterocycles. The molecule has 0 heterocycles. The van der Waals surface area contributed by atoms with E-state index in [-0.39, 0.29) is 19.1 Å². The molecule has 0 aliphatic rings. The standard InChI is InChI=1S/C20H39NO6/c1-2-3-4-5-6-7-8-9-10-11-19(22)21-12-13-25-14-15-26-16-17-27-18-20(23)24/h2-18H2,1H3,(H,21,22)(H,23,24). The van der Waals surface area contributed by atoms with E-state index in [0.717, 1.165) is 12.8 Å². The quantitative estimate of drug-likeness (QED) is 0.293. The summed E-state index contributed by atoms with van der Waals surface area (Å²) in [6, 6.07) is 0. The lowest BCUT2D eigenvalue weighted by atomic mass is 10.1. The molecule has 7 heteroatoms. The molecule has 7 nitrogen and oxygen atoms in total. The molecule has 0 rings (SSSR count). The Morgan fingerprint density at radius 1 is 0.741 bits per heavy atom. The first-order valence-corrected chi connectivity index (χ1v) is 10.4. The molecule has 2 N–H and O–H groups in total. The third-order valence-electron chi connectivity index (χ3n) is 4.05. The minimum absolute atomic E-state index is 0.0911. The number of aliphatic carboxylic acids is 1. The Kier molecular flexibility index (Phi) is 20.2. The van der Waals surface area contributed by atoms with Crippen LogP contribution in [0, 0.1) is 0 Å². The van der Waals surface area contributed by atoms with E-state index in [1.807, 2.05) is 0 Å². The predicted molar refractivity (Wildman–Crippen MR) is 105 cm³/mol. The summed E-state index contributed by atoms with van der Waals surface area (Å²) in [5, 5.41) is 11.2. The summed E-state index contributed by atoms with van der Waals surface area (Å²) in [5.41, 5.74) is 0. The molecule has 0 bridgehead atoms. The molecule has 0 radical (unpaired) electrons. The topological polar surface area (TPSA) is 94.1 Å². The van der Waals surface area contributed by atoms with E-state index < -0.39 is 5.97 Å². The maximum Gasteiger partial charge on any atom is 0.329 e. The maximum absolute atomic E-state index is 11.7. The summed E-state index contributed by atoms with van der Waals surface area (Å²) >= 11 is 0. The van der Waals surface area contributed by atoms with Gasteiger partial charge in [-0.15, -0.1) is 0 Å². The molecule has 0 unspecified atom stereocenters. The van der Waals surface area contributed by atoms with Crippen molar-refractivity contribution in [2.24, 2.45) is 0 Å². The van der Waals surface area contributed by atoms with Crippen LogP contribution in [-0.4, -0.2) is 63.2 Å². The smallest absolute Gasteiger partial charge is 0.329 e. The van der Waals surface area contributed by atoms with Crippen LogP contribution in [0.5, 0.6) is 0 Å². The predicted octanol–water partition coefficient (Wildman–Crippen LogP) is 3.16. The van der Waals surface area contributed by atoms with Gasteiger partial charge in [0.15, 0.2) is 0 Å². The Morgan fingerprint density at radius 3 is 1.85 bits per heavy atom. The number of ether oxygens (including phenoxy) is 3. The van der Waals surface area contributed by atoms with Crippen LogP contribution in [-0.2, 0) is 23.8 Å². The average Bonchev–Trinajstić information content (AvgIpc) is 2.64. The lowest BCUT2D eigenvalue weighted by Crippen LogP contribution is -2.27. The highest BCUT2D eigenvalue weighted by molar-refractivity contribution is 5.75. The first-order valence-electron chi connectivity index (χ1n) is 10.4. The zero-order chi connectivity index (χ0) is 20.0. The zero-order valence-electron chi connectivity index (χ0n) is 17.0. The molecule has 0 aromatic heterocycles. The van der Waals surface area contributed by atoms with E-state index in [0.29, 0.717) is 39.4 Å². The fraction of sp³-hybridized carbons (Fsp3) is 0.900. The summed E-state index contributed by atoms with van der Waals surface area (Å²) in [6.07, 6.45) is 11.9. The van der Waals surface area contributed by atoms with Gasteiger partial charge < -0.3 is 24.6 Å². The number of hydrogen-bond donors (Lipinski definition) is 2. The SMILES string of the molecule is CCCCCCCCCCCC(=O)NCCOCCOCCOCC(=O)O. The summed E-state index contributed by atoms with van der Waals surface area (Å²) in [7, 11) is 0. The van der Waals surface area contributed by atoms with Crippen molar-refractivity contribution in [3.8, 4) is 0 Å². The Balaban J connectivity index is 3.16. The highest BCUT2D eigenvalue weighted by Gasteiger charge is 2.01. The fourth-order valence-corrected chi connectivity index (χ4v) is 2.55. The van der Waals surface area contributed by atoms with Crippen molar-refractivity contribution in [1.29, 1.82) is 0 Å².